The molecule has 4 nitrogen and oxygen atoms in total. The lowest BCUT2D eigenvalue weighted by Crippen LogP contribution is -2.44. The van der Waals surface area contributed by atoms with Gasteiger partial charge in [-0.15, -0.1) is 0 Å². The first-order valence-electron chi connectivity index (χ1n) is 8.29. The van der Waals surface area contributed by atoms with Crippen molar-refractivity contribution in [3.63, 3.8) is 0 Å². The largest absolute Gasteiger partial charge is 0.383 e. The van der Waals surface area contributed by atoms with E-state index in [0.717, 1.165) is 29.7 Å². The predicted molar refractivity (Wildman–Crippen MR) is 87.6 cm³/mol. The Labute approximate surface area is 128 Å². The zero-order valence-corrected chi connectivity index (χ0v) is 13.8. The highest BCUT2D eigenvalue weighted by molar-refractivity contribution is 5.58. The van der Waals surface area contributed by atoms with E-state index in [0.29, 0.717) is 11.9 Å². The van der Waals surface area contributed by atoms with Gasteiger partial charge in [0.2, 0.25) is 0 Å². The quantitative estimate of drug-likeness (QED) is 0.860. The fourth-order valence-corrected chi connectivity index (χ4v) is 3.85. The molecule has 2 N–H and O–H groups in total. The van der Waals surface area contributed by atoms with Crippen LogP contribution in [0.4, 0.5) is 11.6 Å². The van der Waals surface area contributed by atoms with Gasteiger partial charge in [0.05, 0.1) is 0 Å². The van der Waals surface area contributed by atoms with Gasteiger partial charge in [-0.3, -0.25) is 0 Å². The molecule has 1 aliphatic heterocycles. The van der Waals surface area contributed by atoms with Crippen LogP contribution in [0.2, 0.25) is 0 Å². The van der Waals surface area contributed by atoms with Crippen LogP contribution in [-0.4, -0.2) is 22.6 Å². The summed E-state index contributed by atoms with van der Waals surface area (Å²) in [5.74, 6) is 3.45. The number of piperidine rings is 1. The molecular formula is C17H28N4. The molecule has 1 saturated carbocycles. The molecule has 0 spiro atoms. The molecule has 0 bridgehead atoms. The summed E-state index contributed by atoms with van der Waals surface area (Å²) >= 11 is 0. The van der Waals surface area contributed by atoms with Crippen LogP contribution in [0.25, 0.3) is 0 Å². The van der Waals surface area contributed by atoms with E-state index >= 15 is 0 Å². The average Bonchev–Trinajstić information content (AvgIpc) is 2.88. The van der Waals surface area contributed by atoms with Crippen molar-refractivity contribution >= 4 is 11.6 Å². The van der Waals surface area contributed by atoms with Crippen LogP contribution in [0.5, 0.6) is 0 Å². The van der Waals surface area contributed by atoms with Crippen LogP contribution in [0.3, 0.4) is 0 Å². The summed E-state index contributed by atoms with van der Waals surface area (Å²) in [6.07, 6.45) is 6.70. The van der Waals surface area contributed by atoms with Crippen LogP contribution in [-0.2, 0) is 5.41 Å². The van der Waals surface area contributed by atoms with Crippen LogP contribution < -0.4 is 10.6 Å². The number of anilines is 2. The molecule has 0 aromatic carbocycles. The van der Waals surface area contributed by atoms with E-state index < -0.39 is 0 Å². The van der Waals surface area contributed by atoms with E-state index in [1.807, 2.05) is 0 Å². The van der Waals surface area contributed by atoms with Crippen LogP contribution in [0.1, 0.15) is 64.3 Å². The molecule has 21 heavy (non-hydrogen) atoms. The Balaban J connectivity index is 2.02. The van der Waals surface area contributed by atoms with E-state index in [1.165, 1.54) is 32.1 Å². The van der Waals surface area contributed by atoms with Crippen molar-refractivity contribution in [2.24, 2.45) is 5.92 Å². The van der Waals surface area contributed by atoms with Gasteiger partial charge in [-0.05, 0) is 38.5 Å². The molecular weight excluding hydrogens is 260 g/mol. The molecule has 2 atom stereocenters. The van der Waals surface area contributed by atoms with Crippen molar-refractivity contribution in [2.75, 3.05) is 17.2 Å². The number of aromatic nitrogens is 2. The minimum atomic E-state index is -0.0680. The molecule has 2 aliphatic rings. The van der Waals surface area contributed by atoms with Crippen molar-refractivity contribution in [1.82, 2.24) is 9.97 Å². The average molecular weight is 288 g/mol. The first-order valence-corrected chi connectivity index (χ1v) is 8.29. The Kier molecular flexibility index (Phi) is 3.58. The topological polar surface area (TPSA) is 55.0 Å². The summed E-state index contributed by atoms with van der Waals surface area (Å²) in [5, 5.41) is 0. The maximum atomic E-state index is 6.18. The molecule has 1 aromatic heterocycles. The summed E-state index contributed by atoms with van der Waals surface area (Å²) in [6.45, 7) is 9.62. The number of hydrogen-bond donors (Lipinski definition) is 1. The minimum Gasteiger partial charge on any atom is -0.383 e. The fraction of sp³-hybridized carbons (Fsp3) is 0.765. The summed E-state index contributed by atoms with van der Waals surface area (Å²) in [5.41, 5.74) is 7.17. The SMILES string of the molecule is Cc1c(N)nc(C(C)(C)C)nc1N1CCCC2CCCC21. The molecule has 1 aromatic rings. The van der Waals surface area contributed by atoms with Crippen molar-refractivity contribution in [1.29, 1.82) is 0 Å². The zero-order valence-electron chi connectivity index (χ0n) is 13.8. The molecule has 1 aliphatic carbocycles. The van der Waals surface area contributed by atoms with E-state index in [-0.39, 0.29) is 5.41 Å². The van der Waals surface area contributed by atoms with Gasteiger partial charge in [0.25, 0.3) is 0 Å². The Bertz CT molecular complexity index is 532. The smallest absolute Gasteiger partial charge is 0.138 e. The Morgan fingerprint density at radius 1 is 1.10 bits per heavy atom. The lowest BCUT2D eigenvalue weighted by atomic mass is 9.91. The highest BCUT2D eigenvalue weighted by Gasteiger charge is 2.37. The van der Waals surface area contributed by atoms with Gasteiger partial charge < -0.3 is 10.6 Å². The zero-order chi connectivity index (χ0) is 15.2. The summed E-state index contributed by atoms with van der Waals surface area (Å²) in [4.78, 5) is 12.0. The lowest BCUT2D eigenvalue weighted by Gasteiger charge is -2.39. The molecule has 2 unspecified atom stereocenters. The number of rotatable bonds is 1. The number of nitrogens with zero attached hydrogens (tertiary/aromatic N) is 3. The third-order valence-corrected chi connectivity index (χ3v) is 5.09. The minimum absolute atomic E-state index is 0.0680. The van der Waals surface area contributed by atoms with Crippen molar-refractivity contribution in [3.05, 3.63) is 11.4 Å². The van der Waals surface area contributed by atoms with Crippen LogP contribution in [0.15, 0.2) is 0 Å². The van der Waals surface area contributed by atoms with Gasteiger partial charge in [-0.2, -0.15) is 0 Å². The molecule has 3 rings (SSSR count). The van der Waals surface area contributed by atoms with E-state index in [2.05, 4.69) is 37.6 Å². The van der Waals surface area contributed by atoms with Crippen LogP contribution >= 0.6 is 0 Å². The number of nitrogens with two attached hydrogens (primary N) is 1. The highest BCUT2D eigenvalue weighted by Crippen LogP contribution is 2.40. The van der Waals surface area contributed by atoms with Gasteiger partial charge in [0, 0.05) is 23.6 Å². The fourth-order valence-electron chi connectivity index (χ4n) is 3.85. The molecule has 0 radical (unpaired) electrons. The first kappa shape index (κ1) is 14.6. The Morgan fingerprint density at radius 2 is 1.81 bits per heavy atom. The second kappa shape index (κ2) is 5.15. The number of nitrogen functional groups attached to an aromatic ring is 1. The van der Waals surface area contributed by atoms with Crippen molar-refractivity contribution in [2.45, 2.75) is 71.3 Å². The van der Waals surface area contributed by atoms with Crippen molar-refractivity contribution in [3.8, 4) is 0 Å². The number of hydrogen-bond acceptors (Lipinski definition) is 4. The standard InChI is InChI=1S/C17H28N4/c1-11-14(18)19-16(17(2,3)4)20-15(11)21-10-6-8-12-7-5-9-13(12)21/h12-13H,5-10H2,1-4H3,(H2,18,19,20). The van der Waals surface area contributed by atoms with Gasteiger partial charge >= 0.3 is 0 Å². The van der Waals surface area contributed by atoms with E-state index in [1.54, 1.807) is 0 Å². The molecule has 1 saturated heterocycles. The molecule has 0 amide bonds. The van der Waals surface area contributed by atoms with Gasteiger partial charge in [0.1, 0.15) is 17.5 Å². The molecule has 116 valence electrons. The first-order chi connectivity index (χ1) is 9.88. The van der Waals surface area contributed by atoms with Crippen molar-refractivity contribution < 1.29 is 0 Å². The predicted octanol–water partition coefficient (Wildman–Crippen LogP) is 3.43. The Hall–Kier alpha value is -1.32. The maximum Gasteiger partial charge on any atom is 0.138 e. The second-order valence-corrected chi connectivity index (χ2v) is 7.73. The molecule has 2 heterocycles. The van der Waals surface area contributed by atoms with E-state index in [4.69, 9.17) is 10.7 Å². The van der Waals surface area contributed by atoms with Crippen LogP contribution in [0, 0.1) is 12.8 Å². The lowest BCUT2D eigenvalue weighted by molar-refractivity contribution is 0.359. The summed E-state index contributed by atoms with van der Waals surface area (Å²) in [7, 11) is 0. The normalized spacial score (nSPS) is 26.0. The maximum absolute atomic E-state index is 6.18. The monoisotopic (exact) mass is 288 g/mol. The molecule has 4 heteroatoms. The third kappa shape index (κ3) is 2.60. The Morgan fingerprint density at radius 3 is 2.52 bits per heavy atom. The molecule has 2 fully saturated rings. The highest BCUT2D eigenvalue weighted by atomic mass is 15.2. The van der Waals surface area contributed by atoms with E-state index in [9.17, 15) is 0 Å². The van der Waals surface area contributed by atoms with Gasteiger partial charge in [-0.25, -0.2) is 9.97 Å². The summed E-state index contributed by atoms with van der Waals surface area (Å²) in [6, 6.07) is 0.666. The van der Waals surface area contributed by atoms with Gasteiger partial charge in [-0.1, -0.05) is 27.2 Å². The second-order valence-electron chi connectivity index (χ2n) is 7.73. The summed E-state index contributed by atoms with van der Waals surface area (Å²) < 4.78 is 0. The van der Waals surface area contributed by atoms with Gasteiger partial charge in [0.15, 0.2) is 0 Å². The third-order valence-electron chi connectivity index (χ3n) is 5.09. The number of fused-ring (bicyclic) bond motifs is 1.